The summed E-state index contributed by atoms with van der Waals surface area (Å²) in [6, 6.07) is 12.9. The Labute approximate surface area is 176 Å². The van der Waals surface area contributed by atoms with Crippen molar-refractivity contribution in [2.75, 3.05) is 4.90 Å². The highest BCUT2D eigenvalue weighted by atomic mass is 32.2. The van der Waals surface area contributed by atoms with Crippen molar-refractivity contribution in [2.24, 2.45) is 0 Å². The van der Waals surface area contributed by atoms with Gasteiger partial charge in [0.2, 0.25) is 5.13 Å². The van der Waals surface area contributed by atoms with E-state index in [9.17, 15) is 19.7 Å². The Bertz CT molecular complexity index is 1340. The number of nitrogens with zero attached hydrogens (tertiary/aromatic N) is 5. The molecule has 11 heteroatoms. The summed E-state index contributed by atoms with van der Waals surface area (Å²) in [6.07, 6.45) is 1.56. The first-order valence-corrected chi connectivity index (χ1v) is 10.2. The zero-order chi connectivity index (χ0) is 20.8. The molecule has 9 nitrogen and oxygen atoms in total. The Morgan fingerprint density at radius 1 is 0.967 bits per heavy atom. The van der Waals surface area contributed by atoms with Gasteiger partial charge in [-0.3, -0.25) is 24.7 Å². The lowest BCUT2D eigenvalue weighted by molar-refractivity contribution is -0.383. The first-order valence-electron chi connectivity index (χ1n) is 8.56. The summed E-state index contributed by atoms with van der Waals surface area (Å²) in [4.78, 5) is 42.0. The summed E-state index contributed by atoms with van der Waals surface area (Å²) in [6.45, 7) is 0. The number of imide groups is 1. The van der Waals surface area contributed by atoms with Gasteiger partial charge in [0.15, 0.2) is 4.34 Å². The number of amides is 2. The van der Waals surface area contributed by atoms with Crippen LogP contribution in [0.4, 0.5) is 10.8 Å². The Morgan fingerprint density at radius 2 is 1.70 bits per heavy atom. The highest BCUT2D eigenvalue weighted by Gasteiger charge is 2.38. The number of non-ortho nitro benzene ring substituents is 1. The van der Waals surface area contributed by atoms with Crippen molar-refractivity contribution in [1.29, 1.82) is 0 Å². The molecule has 0 fully saturated rings. The highest BCUT2D eigenvalue weighted by molar-refractivity contribution is 8.01. The summed E-state index contributed by atoms with van der Waals surface area (Å²) < 4.78 is 0.474. The van der Waals surface area contributed by atoms with Crippen molar-refractivity contribution < 1.29 is 14.5 Å². The summed E-state index contributed by atoms with van der Waals surface area (Å²) in [5, 5.41) is 19.9. The van der Waals surface area contributed by atoms with E-state index in [1.165, 1.54) is 17.8 Å². The summed E-state index contributed by atoms with van der Waals surface area (Å²) in [5.74, 6) is -0.878. The molecule has 0 saturated carbocycles. The van der Waals surface area contributed by atoms with Gasteiger partial charge in [-0.15, -0.1) is 10.2 Å². The number of aromatic nitrogens is 3. The number of hydrogen-bond acceptors (Lipinski definition) is 9. The van der Waals surface area contributed by atoms with E-state index < -0.39 is 16.7 Å². The van der Waals surface area contributed by atoms with Crippen molar-refractivity contribution in [3.63, 3.8) is 0 Å². The normalized spacial score (nSPS) is 13.1. The third-order valence-corrected chi connectivity index (χ3v) is 6.49. The Morgan fingerprint density at radius 3 is 2.40 bits per heavy atom. The number of nitro benzene ring substituents is 1. The molecule has 2 aromatic heterocycles. The molecule has 0 N–H and O–H groups in total. The number of carbonyl (C=O) groups is 2. The lowest BCUT2D eigenvalue weighted by Gasteiger charge is -2.07. The zero-order valence-corrected chi connectivity index (χ0v) is 16.5. The molecule has 1 aliphatic heterocycles. The first kappa shape index (κ1) is 18.3. The van der Waals surface area contributed by atoms with Crippen LogP contribution in [0, 0.1) is 10.1 Å². The van der Waals surface area contributed by atoms with Gasteiger partial charge in [0.05, 0.1) is 27.0 Å². The topological polar surface area (TPSA) is 119 Å². The van der Waals surface area contributed by atoms with E-state index in [0.29, 0.717) is 31.3 Å². The lowest BCUT2D eigenvalue weighted by Crippen LogP contribution is -2.29. The van der Waals surface area contributed by atoms with Gasteiger partial charge in [-0.1, -0.05) is 35.2 Å². The number of rotatable bonds is 4. The van der Waals surface area contributed by atoms with E-state index in [-0.39, 0.29) is 10.8 Å². The highest BCUT2D eigenvalue weighted by Crippen LogP contribution is 2.39. The van der Waals surface area contributed by atoms with Gasteiger partial charge in [0.25, 0.3) is 17.5 Å². The van der Waals surface area contributed by atoms with Crippen LogP contribution < -0.4 is 4.90 Å². The molecule has 0 saturated heterocycles. The second kappa shape index (κ2) is 6.97. The smallest absolute Gasteiger partial charge is 0.268 e. The largest absolute Gasteiger partial charge is 0.278 e. The minimum Gasteiger partial charge on any atom is -0.268 e. The molecule has 0 radical (unpaired) electrons. The van der Waals surface area contributed by atoms with Crippen molar-refractivity contribution in [2.45, 2.75) is 9.24 Å². The first-order chi connectivity index (χ1) is 14.5. The molecule has 0 bridgehead atoms. The number of pyridine rings is 1. The van der Waals surface area contributed by atoms with Crippen LogP contribution in [0.2, 0.25) is 0 Å². The van der Waals surface area contributed by atoms with Crippen LogP contribution in [0.3, 0.4) is 0 Å². The average Bonchev–Trinajstić information content (AvgIpc) is 3.30. The molecule has 5 rings (SSSR count). The van der Waals surface area contributed by atoms with Gasteiger partial charge in [-0.2, -0.15) is 0 Å². The van der Waals surface area contributed by atoms with E-state index in [2.05, 4.69) is 15.2 Å². The molecular formula is C19H9N5O4S2. The molecule has 146 valence electrons. The van der Waals surface area contributed by atoms with Crippen LogP contribution in [0.25, 0.3) is 10.9 Å². The molecule has 4 aromatic rings. The third kappa shape index (κ3) is 2.83. The predicted octanol–water partition coefficient (Wildman–Crippen LogP) is 3.95. The summed E-state index contributed by atoms with van der Waals surface area (Å²) in [5.41, 5.74) is 1.09. The molecule has 0 spiro atoms. The van der Waals surface area contributed by atoms with E-state index in [1.807, 2.05) is 0 Å². The average molecular weight is 435 g/mol. The van der Waals surface area contributed by atoms with Gasteiger partial charge in [-0.25, -0.2) is 4.90 Å². The van der Waals surface area contributed by atoms with Crippen molar-refractivity contribution in [3.05, 3.63) is 76.0 Å². The lowest BCUT2D eigenvalue weighted by atomic mass is 10.1. The van der Waals surface area contributed by atoms with E-state index >= 15 is 0 Å². The number of anilines is 1. The SMILES string of the molecule is O=C1c2ccccc2C(=O)N1c1nnc(Sc2ccc([N+](=O)[O-])c3cccnc23)s1. The quantitative estimate of drug-likeness (QED) is 0.205. The fourth-order valence-corrected chi connectivity index (χ4v) is 5.07. The Kier molecular flexibility index (Phi) is 4.26. The number of benzene rings is 2. The molecule has 0 atom stereocenters. The number of hydrogen-bond donors (Lipinski definition) is 0. The fraction of sp³-hybridized carbons (Fsp3) is 0. The Balaban J connectivity index is 1.48. The van der Waals surface area contributed by atoms with Crippen LogP contribution in [-0.2, 0) is 0 Å². The predicted molar refractivity (Wildman–Crippen MR) is 110 cm³/mol. The maximum absolute atomic E-state index is 12.6. The standard InChI is InChI=1S/C19H9N5O4S2/c25-16-10-4-1-2-5-11(10)17(26)23(16)18-21-22-19(30-18)29-14-8-7-13(24(27)28)12-6-3-9-20-15(12)14/h1-9H. The summed E-state index contributed by atoms with van der Waals surface area (Å²) in [7, 11) is 0. The number of carbonyl (C=O) groups excluding carboxylic acids is 2. The van der Waals surface area contributed by atoms with E-state index in [1.54, 1.807) is 48.7 Å². The molecule has 2 amide bonds. The molecule has 0 unspecified atom stereocenters. The second-order valence-corrected chi connectivity index (χ2v) is 8.43. The zero-order valence-electron chi connectivity index (χ0n) is 14.9. The maximum atomic E-state index is 12.6. The van der Waals surface area contributed by atoms with E-state index in [0.717, 1.165) is 16.2 Å². The van der Waals surface area contributed by atoms with Crippen molar-refractivity contribution in [3.8, 4) is 0 Å². The minimum absolute atomic E-state index is 0.0357. The van der Waals surface area contributed by atoms with E-state index in [4.69, 9.17) is 0 Å². The molecule has 1 aliphatic rings. The number of nitro groups is 1. The third-order valence-electron chi connectivity index (χ3n) is 4.48. The molecule has 2 aromatic carbocycles. The van der Waals surface area contributed by atoms with Gasteiger partial charge < -0.3 is 0 Å². The minimum atomic E-state index is -0.455. The van der Waals surface area contributed by atoms with Crippen LogP contribution in [0.15, 0.2) is 64.0 Å². The maximum Gasteiger partial charge on any atom is 0.278 e. The van der Waals surface area contributed by atoms with Crippen LogP contribution in [0.5, 0.6) is 0 Å². The van der Waals surface area contributed by atoms with Crippen LogP contribution >= 0.6 is 23.1 Å². The van der Waals surface area contributed by atoms with Crippen LogP contribution in [-0.4, -0.2) is 31.9 Å². The van der Waals surface area contributed by atoms with Crippen LogP contribution in [0.1, 0.15) is 20.7 Å². The van der Waals surface area contributed by atoms with Crippen molar-refractivity contribution in [1.82, 2.24) is 15.2 Å². The molecular weight excluding hydrogens is 426 g/mol. The Hall–Kier alpha value is -3.70. The molecule has 30 heavy (non-hydrogen) atoms. The van der Waals surface area contributed by atoms with Crippen molar-refractivity contribution >= 4 is 56.6 Å². The van der Waals surface area contributed by atoms with Gasteiger partial charge >= 0.3 is 0 Å². The van der Waals surface area contributed by atoms with Gasteiger partial charge in [-0.05, 0) is 30.3 Å². The number of fused-ring (bicyclic) bond motifs is 2. The fourth-order valence-electron chi connectivity index (χ4n) is 3.16. The summed E-state index contributed by atoms with van der Waals surface area (Å²) >= 11 is 2.30. The molecule has 3 heterocycles. The monoisotopic (exact) mass is 435 g/mol. The second-order valence-electron chi connectivity index (χ2n) is 6.18. The van der Waals surface area contributed by atoms with Gasteiger partial charge in [0, 0.05) is 17.2 Å². The molecule has 0 aliphatic carbocycles. The van der Waals surface area contributed by atoms with Gasteiger partial charge in [0.1, 0.15) is 0 Å².